The van der Waals surface area contributed by atoms with Crippen LogP contribution in [0.15, 0.2) is 171 Å². The molecule has 10 heterocycles. The first-order valence-corrected chi connectivity index (χ1v) is 27.5. The maximum atomic E-state index is 12.1. The fourth-order valence-electron chi connectivity index (χ4n) is 8.31. The number of imidazole rings is 5. The van der Waals surface area contributed by atoms with Crippen LogP contribution < -0.4 is 54.4 Å². The molecule has 33 nitrogen and oxygen atoms in total. The number of benzene rings is 4. The molecule has 3 amide bonds. The minimum Gasteiger partial charge on any atom is -0.356 e. The van der Waals surface area contributed by atoms with Crippen LogP contribution in [0.2, 0.25) is 0 Å². The molecule has 0 aliphatic rings. The summed E-state index contributed by atoms with van der Waals surface area (Å²) in [7, 11) is 0. The van der Waals surface area contributed by atoms with E-state index in [1.807, 2.05) is 85.8 Å². The summed E-state index contributed by atoms with van der Waals surface area (Å²) >= 11 is 0. The van der Waals surface area contributed by atoms with Gasteiger partial charge in [-0.25, -0.2) is 24.9 Å². The highest BCUT2D eigenvalue weighted by molar-refractivity contribution is 6.05. The Morgan fingerprint density at radius 1 is 0.418 bits per heavy atom. The number of H-pyrrole nitrogens is 10. The van der Waals surface area contributed by atoms with Gasteiger partial charge in [-0.1, -0.05) is 98.3 Å². The second kappa shape index (κ2) is 28.7. The molecule has 4 aromatic carbocycles. The molecule has 10 aromatic heterocycles. The van der Waals surface area contributed by atoms with Crippen molar-refractivity contribution in [3.63, 3.8) is 0 Å². The largest absolute Gasteiger partial charge is 0.356 e. The lowest BCUT2D eigenvalue weighted by atomic mass is 10.1. The Bertz CT molecular complexity index is 5120. The lowest BCUT2D eigenvalue weighted by molar-refractivity contribution is -0.115. The van der Waals surface area contributed by atoms with Gasteiger partial charge in [-0.2, -0.15) is 24.9 Å². The van der Waals surface area contributed by atoms with Gasteiger partial charge < -0.3 is 35.6 Å². The van der Waals surface area contributed by atoms with E-state index in [0.717, 1.165) is 36.2 Å². The highest BCUT2D eigenvalue weighted by atomic mass is 16.2. The molecule has 0 aliphatic heterocycles. The second-order valence-corrected chi connectivity index (χ2v) is 19.1. The summed E-state index contributed by atoms with van der Waals surface area (Å²) in [6, 6.07) is 34.6. The highest BCUT2D eigenvalue weighted by Crippen LogP contribution is 2.14. The topological polar surface area (TPSA) is 484 Å². The SMILES string of the molecule is CCCCNc1nc2nc[nH]c2c(=O)[nH]1.Cc1ccccc1C(=O)Nc1nc2nc[nH]c2c(=O)[nH]1.O=C(Cc1ccccc1)Nc1nc2nc[nH]c2c(=O)[nH]1.O=C(Nc1nc2nc[nH]c2c(=O)[nH]1)c1ccccc1.O=c1[nH]c(Nc2ccccc2)nc2nc[nH]c12. The zero-order valence-electron chi connectivity index (χ0n) is 47.9. The maximum Gasteiger partial charge on any atom is 0.278 e. The van der Waals surface area contributed by atoms with Gasteiger partial charge in [0.05, 0.1) is 38.1 Å². The number of para-hydroxylation sites is 1. The normalized spacial score (nSPS) is 10.6. The summed E-state index contributed by atoms with van der Waals surface area (Å²) in [5.41, 5.74) is 5.25. The third-order valence-corrected chi connectivity index (χ3v) is 12.7. The predicted octanol–water partition coefficient (Wildman–Crippen LogP) is 5.18. The number of aromatic nitrogens is 20. The summed E-state index contributed by atoms with van der Waals surface area (Å²) in [5, 5.41) is 13.7. The average Bonchev–Trinajstić information content (AvgIpc) is 2.11. The summed E-state index contributed by atoms with van der Waals surface area (Å²) in [4.78, 5) is 160. The number of aryl methyl sites for hydroxylation is 1. The zero-order valence-corrected chi connectivity index (χ0v) is 47.9. The second-order valence-electron chi connectivity index (χ2n) is 19.1. The Balaban J connectivity index is 0.000000125. The summed E-state index contributed by atoms with van der Waals surface area (Å²) in [5.74, 6) is 0.152. The van der Waals surface area contributed by atoms with Gasteiger partial charge in [-0.3, -0.25) is 79.2 Å². The molecule has 0 unspecified atom stereocenters. The van der Waals surface area contributed by atoms with Crippen LogP contribution in [0.4, 0.5) is 35.4 Å². The number of fused-ring (bicyclic) bond motifs is 5. The van der Waals surface area contributed by atoms with E-state index < -0.39 is 0 Å². The fourth-order valence-corrected chi connectivity index (χ4v) is 8.31. The van der Waals surface area contributed by atoms with Crippen molar-refractivity contribution in [2.45, 2.75) is 33.1 Å². The Hall–Kier alpha value is -13.4. The van der Waals surface area contributed by atoms with E-state index >= 15 is 0 Å². The van der Waals surface area contributed by atoms with Gasteiger partial charge in [-0.05, 0) is 54.8 Å². The summed E-state index contributed by atoms with van der Waals surface area (Å²) < 4.78 is 0. The van der Waals surface area contributed by atoms with Crippen LogP contribution in [0, 0.1) is 6.92 Å². The van der Waals surface area contributed by atoms with Crippen molar-refractivity contribution in [3.05, 3.63) is 221 Å². The lowest BCUT2D eigenvalue weighted by Gasteiger charge is -2.06. The number of rotatable bonds is 13. The van der Waals surface area contributed by atoms with Crippen LogP contribution in [-0.2, 0) is 11.2 Å². The quantitative estimate of drug-likeness (QED) is 0.0661. The molecule has 0 fully saturated rings. The van der Waals surface area contributed by atoms with Crippen molar-refractivity contribution in [3.8, 4) is 0 Å². The van der Waals surface area contributed by atoms with Crippen molar-refractivity contribution in [1.82, 2.24) is 99.7 Å². The predicted molar refractivity (Wildman–Crippen MR) is 338 cm³/mol. The van der Waals surface area contributed by atoms with Crippen molar-refractivity contribution >= 4 is 109 Å². The van der Waals surface area contributed by atoms with Crippen molar-refractivity contribution < 1.29 is 14.4 Å². The van der Waals surface area contributed by atoms with Gasteiger partial charge in [0.1, 0.15) is 0 Å². The van der Waals surface area contributed by atoms with E-state index in [9.17, 15) is 38.4 Å². The third kappa shape index (κ3) is 15.8. The number of nitrogens with one attached hydrogen (secondary N) is 15. The minimum atomic E-state index is -0.383. The van der Waals surface area contributed by atoms with Crippen LogP contribution in [0.1, 0.15) is 51.6 Å². The number of carbonyl (C=O) groups is 3. The zero-order chi connectivity index (χ0) is 63.6. The molecule has 14 rings (SSSR count). The number of hydrogen-bond acceptors (Lipinski definition) is 20. The molecule has 0 spiro atoms. The van der Waals surface area contributed by atoms with Crippen LogP contribution in [0.25, 0.3) is 55.8 Å². The Morgan fingerprint density at radius 2 is 0.791 bits per heavy atom. The molecule has 0 saturated heterocycles. The Labute approximate surface area is 508 Å². The Kier molecular flexibility index (Phi) is 19.1. The first-order chi connectivity index (χ1) is 44.2. The molecule has 91 heavy (non-hydrogen) atoms. The van der Waals surface area contributed by atoms with Crippen LogP contribution >= 0.6 is 0 Å². The number of unbranched alkanes of at least 4 members (excludes halogenated alkanes) is 1. The fraction of sp³-hybridized carbons (Fsp3) is 0.103. The number of aromatic amines is 10. The van der Waals surface area contributed by atoms with Crippen molar-refractivity contribution in [2.75, 3.05) is 33.1 Å². The van der Waals surface area contributed by atoms with Crippen LogP contribution in [0.3, 0.4) is 0 Å². The van der Waals surface area contributed by atoms with E-state index in [2.05, 4.69) is 133 Å². The molecular weight excluding hydrogens is 1170 g/mol. The number of carbonyl (C=O) groups excluding carboxylic acids is 3. The van der Waals surface area contributed by atoms with Gasteiger partial charge in [0.25, 0.3) is 39.6 Å². The molecule has 15 N–H and O–H groups in total. The summed E-state index contributed by atoms with van der Waals surface area (Å²) in [6.07, 6.45) is 9.38. The maximum absolute atomic E-state index is 12.1. The molecule has 0 atom stereocenters. The van der Waals surface area contributed by atoms with Crippen molar-refractivity contribution in [1.29, 1.82) is 0 Å². The average molecular weight is 1230 g/mol. The van der Waals surface area contributed by atoms with E-state index in [-0.39, 0.29) is 103 Å². The van der Waals surface area contributed by atoms with Crippen molar-refractivity contribution in [2.24, 2.45) is 0 Å². The van der Waals surface area contributed by atoms with Gasteiger partial charge >= 0.3 is 0 Å². The minimum absolute atomic E-state index is 0.0680. The third-order valence-electron chi connectivity index (χ3n) is 12.7. The number of hydrogen-bond donors (Lipinski definition) is 15. The molecule has 0 saturated carbocycles. The van der Waals surface area contributed by atoms with Crippen LogP contribution in [-0.4, -0.2) is 124 Å². The molecule has 14 aromatic rings. The first-order valence-electron chi connectivity index (χ1n) is 27.5. The molecular formula is C58H53N25O8. The van der Waals surface area contributed by atoms with E-state index in [4.69, 9.17) is 0 Å². The first kappa shape index (κ1) is 60.8. The van der Waals surface area contributed by atoms with E-state index in [1.54, 1.807) is 36.4 Å². The van der Waals surface area contributed by atoms with Gasteiger partial charge in [0.2, 0.25) is 35.6 Å². The van der Waals surface area contributed by atoms with Crippen LogP contribution in [0.5, 0.6) is 0 Å². The summed E-state index contributed by atoms with van der Waals surface area (Å²) in [6.45, 7) is 4.74. The lowest BCUT2D eigenvalue weighted by Crippen LogP contribution is -2.19. The molecule has 33 heteroatoms. The van der Waals surface area contributed by atoms with Gasteiger partial charge in [-0.15, -0.1) is 0 Å². The number of anilines is 6. The standard InChI is InChI=1S/2C13H11N5O2.C12H9N5O2.C11H9N5O.C9H13N5O/c1-7-4-2-3-5-8(7)11(19)17-13-16-10-9(12(20)18-13)14-6-15-10;19-9(6-8-4-2-1-3-5-8)16-13-17-11-10(12(20)18-13)14-7-15-11;18-10(7-4-2-1-3-5-7)16-12-15-9-8(11(19)17-12)13-6-14-9;17-10-8-9(13-6-12-8)15-11(16-10)14-7-4-2-1-3-5-7;1-2-3-4-10-9-13-7-6(8(15)14-9)11-5-12-7/h2-6H,1H3,(H3,14,15,16,17,18,19,20);1-5,7H,6H2,(H3,14,15,16,17,18,19,20);1-6H,(H3,13,14,15,16,17,18,19);1-6H,(H3,12,13,14,15,16,17);5H,2-4H2,1H3,(H3,10,11,12,13,14,15). The number of nitrogens with zero attached hydrogens (tertiary/aromatic N) is 10. The molecule has 0 aliphatic carbocycles. The molecule has 0 bridgehead atoms. The monoisotopic (exact) mass is 1230 g/mol. The molecule has 458 valence electrons. The highest BCUT2D eigenvalue weighted by Gasteiger charge is 2.15. The van der Waals surface area contributed by atoms with Gasteiger partial charge in [0, 0.05) is 23.4 Å². The van der Waals surface area contributed by atoms with E-state index in [1.165, 1.54) is 31.6 Å². The number of amides is 3. The Morgan fingerprint density at radius 3 is 1.25 bits per heavy atom. The molecule has 0 radical (unpaired) electrons. The smallest absolute Gasteiger partial charge is 0.278 e. The van der Waals surface area contributed by atoms with E-state index in [0.29, 0.717) is 45.4 Å². The van der Waals surface area contributed by atoms with Gasteiger partial charge in [0.15, 0.2) is 55.8 Å².